The second kappa shape index (κ2) is 6.44. The van der Waals surface area contributed by atoms with Crippen LogP contribution in [0.15, 0.2) is 39.7 Å². The summed E-state index contributed by atoms with van der Waals surface area (Å²) in [6.07, 6.45) is 0. The minimum atomic E-state index is 0.0791. The van der Waals surface area contributed by atoms with Gasteiger partial charge in [0.2, 0.25) is 0 Å². The zero-order valence-corrected chi connectivity index (χ0v) is 10.7. The number of hydrogen-bond donors (Lipinski definition) is 1. The molecule has 1 aromatic carbocycles. The van der Waals surface area contributed by atoms with Crippen LogP contribution in [0.25, 0.3) is 0 Å². The first kappa shape index (κ1) is 12.9. The molecule has 1 unspecified atom stereocenters. The Balaban J connectivity index is 2.57. The van der Waals surface area contributed by atoms with Crippen molar-refractivity contribution in [3.05, 3.63) is 40.4 Å². The van der Waals surface area contributed by atoms with E-state index >= 15 is 0 Å². The van der Waals surface area contributed by atoms with Crippen LogP contribution in [0.5, 0.6) is 0 Å². The zero-order valence-electron chi connectivity index (χ0n) is 8.41. The predicted octanol–water partition coefficient (Wildman–Crippen LogP) is 4.12. The number of nitrogens with two attached hydrogens (primary N) is 1. The Labute approximate surface area is 105 Å². The molecule has 1 aromatic rings. The Morgan fingerprint density at radius 1 is 1.47 bits per heavy atom. The standard InChI is InChI=1S/C11H13Cl2NS/c1-8(14)9-2-4-11(5-3-9)15-7-10(13)6-12/h2-6,8H,7,14H2,1H3. The van der Waals surface area contributed by atoms with E-state index in [9.17, 15) is 0 Å². The van der Waals surface area contributed by atoms with Crippen LogP contribution in [-0.4, -0.2) is 5.75 Å². The SMILES string of the molecule is CC(N)c1ccc(SCC(Cl)=CCl)cc1. The highest BCUT2D eigenvalue weighted by atomic mass is 35.5. The molecule has 1 rings (SSSR count). The number of hydrogen-bond acceptors (Lipinski definition) is 2. The summed E-state index contributed by atoms with van der Waals surface area (Å²) in [5, 5.41) is 0.651. The van der Waals surface area contributed by atoms with E-state index < -0.39 is 0 Å². The lowest BCUT2D eigenvalue weighted by Gasteiger charge is -2.06. The van der Waals surface area contributed by atoms with Gasteiger partial charge in [-0.1, -0.05) is 35.3 Å². The Hall–Kier alpha value is -0.150. The molecular formula is C11H13Cl2NS. The molecule has 0 radical (unpaired) electrons. The second-order valence-corrected chi connectivity index (χ2v) is 4.95. The molecular weight excluding hydrogens is 249 g/mol. The van der Waals surface area contributed by atoms with E-state index in [0.717, 1.165) is 10.5 Å². The third-order valence-corrected chi connectivity index (χ3v) is 3.74. The van der Waals surface area contributed by atoms with E-state index in [4.69, 9.17) is 28.9 Å². The maximum Gasteiger partial charge on any atom is 0.0396 e. The predicted molar refractivity (Wildman–Crippen MR) is 69.6 cm³/mol. The maximum absolute atomic E-state index is 5.79. The molecule has 0 bridgehead atoms. The molecule has 0 aliphatic rings. The number of thioether (sulfide) groups is 1. The molecule has 0 spiro atoms. The molecule has 4 heteroatoms. The summed E-state index contributed by atoms with van der Waals surface area (Å²) in [6, 6.07) is 8.23. The monoisotopic (exact) mass is 261 g/mol. The van der Waals surface area contributed by atoms with E-state index in [-0.39, 0.29) is 6.04 Å². The van der Waals surface area contributed by atoms with Crippen molar-refractivity contribution in [2.75, 3.05) is 5.75 Å². The van der Waals surface area contributed by atoms with E-state index in [0.29, 0.717) is 10.8 Å². The van der Waals surface area contributed by atoms with Crippen molar-refractivity contribution in [2.45, 2.75) is 17.9 Å². The first-order valence-electron chi connectivity index (χ1n) is 4.56. The molecule has 82 valence electrons. The minimum Gasteiger partial charge on any atom is -0.324 e. The Bertz CT molecular complexity index is 333. The summed E-state index contributed by atoms with van der Waals surface area (Å²) >= 11 is 12.9. The Kier molecular flexibility index (Phi) is 5.54. The average Bonchev–Trinajstić information content (AvgIpc) is 2.26. The Morgan fingerprint density at radius 2 is 2.07 bits per heavy atom. The van der Waals surface area contributed by atoms with Gasteiger partial charge in [0.25, 0.3) is 0 Å². The van der Waals surface area contributed by atoms with Crippen LogP contribution < -0.4 is 5.73 Å². The lowest BCUT2D eigenvalue weighted by Crippen LogP contribution is -2.04. The average molecular weight is 262 g/mol. The summed E-state index contributed by atoms with van der Waals surface area (Å²) in [4.78, 5) is 1.16. The molecule has 0 heterocycles. The molecule has 0 aliphatic heterocycles. The normalized spacial score (nSPS) is 14.0. The van der Waals surface area contributed by atoms with Crippen LogP contribution in [-0.2, 0) is 0 Å². The van der Waals surface area contributed by atoms with Crippen molar-refractivity contribution >= 4 is 35.0 Å². The third kappa shape index (κ3) is 4.47. The zero-order chi connectivity index (χ0) is 11.3. The molecule has 0 fully saturated rings. The number of halogens is 2. The van der Waals surface area contributed by atoms with E-state index in [1.54, 1.807) is 11.8 Å². The number of benzene rings is 1. The van der Waals surface area contributed by atoms with Crippen LogP contribution in [0.1, 0.15) is 18.5 Å². The van der Waals surface area contributed by atoms with Crippen LogP contribution >= 0.6 is 35.0 Å². The van der Waals surface area contributed by atoms with Crippen LogP contribution in [0.2, 0.25) is 0 Å². The van der Waals surface area contributed by atoms with E-state index in [1.165, 1.54) is 5.54 Å². The maximum atomic E-state index is 5.79. The lowest BCUT2D eigenvalue weighted by molar-refractivity contribution is 0.817. The van der Waals surface area contributed by atoms with E-state index in [2.05, 4.69) is 0 Å². The third-order valence-electron chi connectivity index (χ3n) is 1.90. The highest BCUT2D eigenvalue weighted by Gasteiger charge is 2.00. The highest BCUT2D eigenvalue weighted by Crippen LogP contribution is 2.23. The summed E-state index contributed by atoms with van der Waals surface area (Å²) in [5.74, 6) is 0.697. The van der Waals surface area contributed by atoms with Gasteiger partial charge in [0.15, 0.2) is 0 Å². The fourth-order valence-electron chi connectivity index (χ4n) is 1.05. The summed E-state index contributed by atoms with van der Waals surface area (Å²) in [5.41, 5.74) is 8.28. The fraction of sp³-hybridized carbons (Fsp3) is 0.273. The minimum absolute atomic E-state index is 0.0791. The van der Waals surface area contributed by atoms with E-state index in [1.807, 2.05) is 31.2 Å². The largest absolute Gasteiger partial charge is 0.324 e. The molecule has 0 amide bonds. The summed E-state index contributed by atoms with van der Waals surface area (Å²) in [6.45, 7) is 1.97. The molecule has 0 saturated carbocycles. The molecule has 15 heavy (non-hydrogen) atoms. The van der Waals surface area contributed by atoms with Gasteiger partial charge in [-0.05, 0) is 24.6 Å². The van der Waals surface area contributed by atoms with Crippen LogP contribution in [0.4, 0.5) is 0 Å². The van der Waals surface area contributed by atoms with Crippen molar-refractivity contribution in [2.24, 2.45) is 5.73 Å². The van der Waals surface area contributed by atoms with Crippen LogP contribution in [0, 0.1) is 0 Å². The highest BCUT2D eigenvalue weighted by molar-refractivity contribution is 7.99. The fourth-order valence-corrected chi connectivity index (χ4v) is 2.10. The van der Waals surface area contributed by atoms with Crippen LogP contribution in [0.3, 0.4) is 0 Å². The molecule has 0 saturated heterocycles. The smallest absolute Gasteiger partial charge is 0.0396 e. The lowest BCUT2D eigenvalue weighted by atomic mass is 10.1. The van der Waals surface area contributed by atoms with Gasteiger partial charge in [-0.3, -0.25) is 0 Å². The Morgan fingerprint density at radius 3 is 2.53 bits per heavy atom. The van der Waals surface area contributed by atoms with Crippen molar-refractivity contribution in [1.82, 2.24) is 0 Å². The first-order chi connectivity index (χ1) is 7.13. The van der Waals surface area contributed by atoms with Gasteiger partial charge in [0.05, 0.1) is 0 Å². The quantitative estimate of drug-likeness (QED) is 0.826. The second-order valence-electron chi connectivity index (χ2n) is 3.20. The van der Waals surface area contributed by atoms with Gasteiger partial charge < -0.3 is 5.73 Å². The van der Waals surface area contributed by atoms with Crippen molar-refractivity contribution in [3.8, 4) is 0 Å². The number of rotatable bonds is 4. The topological polar surface area (TPSA) is 26.0 Å². The summed E-state index contributed by atoms with van der Waals surface area (Å²) in [7, 11) is 0. The van der Waals surface area contributed by atoms with Gasteiger partial charge in [-0.25, -0.2) is 0 Å². The van der Waals surface area contributed by atoms with Gasteiger partial charge in [-0.15, -0.1) is 11.8 Å². The van der Waals surface area contributed by atoms with Crippen molar-refractivity contribution < 1.29 is 0 Å². The molecule has 0 aromatic heterocycles. The van der Waals surface area contributed by atoms with Gasteiger partial charge in [-0.2, -0.15) is 0 Å². The van der Waals surface area contributed by atoms with Gasteiger partial charge in [0.1, 0.15) is 0 Å². The van der Waals surface area contributed by atoms with Gasteiger partial charge >= 0.3 is 0 Å². The van der Waals surface area contributed by atoms with Crippen molar-refractivity contribution in [3.63, 3.8) is 0 Å². The summed E-state index contributed by atoms with van der Waals surface area (Å²) < 4.78 is 0. The molecule has 1 nitrogen and oxygen atoms in total. The molecule has 2 N–H and O–H groups in total. The van der Waals surface area contributed by atoms with Gasteiger partial charge in [0, 0.05) is 27.3 Å². The first-order valence-corrected chi connectivity index (χ1v) is 6.36. The molecule has 0 aliphatic carbocycles. The molecule has 1 atom stereocenters. The van der Waals surface area contributed by atoms with Crippen molar-refractivity contribution in [1.29, 1.82) is 0 Å².